The van der Waals surface area contributed by atoms with Gasteiger partial charge in [0.1, 0.15) is 5.58 Å². The molecule has 3 rings (SSSR count). The largest absolute Gasteiger partial charge is 0.481 e. The Kier molecular flexibility index (Phi) is 3.73. The summed E-state index contributed by atoms with van der Waals surface area (Å²) in [5, 5.41) is 9.63. The molecule has 1 aliphatic rings. The summed E-state index contributed by atoms with van der Waals surface area (Å²) in [4.78, 5) is 22.4. The Morgan fingerprint density at radius 3 is 2.65 bits per heavy atom. The first-order valence-electron chi connectivity index (χ1n) is 7.06. The van der Waals surface area contributed by atoms with Gasteiger partial charge in [-0.3, -0.25) is 4.79 Å². The highest BCUT2D eigenvalue weighted by atomic mass is 32.2. The molecule has 1 aromatic heterocycles. The van der Waals surface area contributed by atoms with Crippen molar-refractivity contribution in [2.45, 2.75) is 11.8 Å². The summed E-state index contributed by atoms with van der Waals surface area (Å²) in [5.74, 6) is -1.94. The molecule has 0 amide bonds. The summed E-state index contributed by atoms with van der Waals surface area (Å²) < 4.78 is 31.6. The maximum absolute atomic E-state index is 12.7. The number of nitrogens with zero attached hydrogens (tertiary/aromatic N) is 1. The van der Waals surface area contributed by atoms with E-state index in [4.69, 9.17) is 9.52 Å². The molecular weight excluding hydrogens is 322 g/mol. The third-order valence-corrected chi connectivity index (χ3v) is 5.95. The molecule has 1 aliphatic heterocycles. The van der Waals surface area contributed by atoms with E-state index < -0.39 is 27.5 Å². The van der Waals surface area contributed by atoms with E-state index in [1.807, 2.05) is 0 Å². The maximum atomic E-state index is 12.7. The van der Waals surface area contributed by atoms with Crippen LogP contribution >= 0.6 is 0 Å². The van der Waals surface area contributed by atoms with Crippen LogP contribution in [0.25, 0.3) is 11.0 Å². The second-order valence-electron chi connectivity index (χ2n) is 5.70. The lowest BCUT2D eigenvalue weighted by Crippen LogP contribution is -2.30. The first-order chi connectivity index (χ1) is 10.8. The first-order valence-corrected chi connectivity index (χ1v) is 8.50. The van der Waals surface area contributed by atoms with Crippen LogP contribution in [0, 0.1) is 11.8 Å². The number of carboxylic acid groups (broad SMARTS) is 1. The Bertz CT molecular complexity index is 932. The highest BCUT2D eigenvalue weighted by Gasteiger charge is 2.40. The van der Waals surface area contributed by atoms with Crippen molar-refractivity contribution in [3.05, 3.63) is 40.8 Å². The SMILES string of the molecule is C[C@@H]1CN(S(=O)(=O)c2ccc3oc(=O)ccc3c2)C[C@H]1C(=O)O. The third kappa shape index (κ3) is 2.75. The molecule has 8 heteroatoms. The van der Waals surface area contributed by atoms with Gasteiger partial charge in [0.2, 0.25) is 10.0 Å². The number of sulfonamides is 1. The van der Waals surface area contributed by atoms with Crippen molar-refractivity contribution in [1.29, 1.82) is 0 Å². The van der Waals surface area contributed by atoms with E-state index in [-0.39, 0.29) is 23.9 Å². The molecule has 0 unspecified atom stereocenters. The van der Waals surface area contributed by atoms with Crippen molar-refractivity contribution < 1.29 is 22.7 Å². The average molecular weight is 337 g/mol. The summed E-state index contributed by atoms with van der Waals surface area (Å²) in [6.07, 6.45) is 0. The summed E-state index contributed by atoms with van der Waals surface area (Å²) in [6, 6.07) is 6.92. The number of aliphatic carboxylic acids is 1. The van der Waals surface area contributed by atoms with Gasteiger partial charge in [0, 0.05) is 24.5 Å². The van der Waals surface area contributed by atoms with Crippen LogP contribution in [0.2, 0.25) is 0 Å². The van der Waals surface area contributed by atoms with Gasteiger partial charge in [-0.25, -0.2) is 13.2 Å². The molecular formula is C15H15NO6S. The first kappa shape index (κ1) is 15.7. The highest BCUT2D eigenvalue weighted by molar-refractivity contribution is 7.89. The van der Waals surface area contributed by atoms with Crippen molar-refractivity contribution >= 4 is 27.0 Å². The summed E-state index contributed by atoms with van der Waals surface area (Å²) in [5.41, 5.74) is -0.208. The van der Waals surface area contributed by atoms with Crippen molar-refractivity contribution in [3.63, 3.8) is 0 Å². The summed E-state index contributed by atoms with van der Waals surface area (Å²) in [6.45, 7) is 1.85. The molecule has 122 valence electrons. The zero-order valence-corrected chi connectivity index (χ0v) is 13.1. The average Bonchev–Trinajstić information content (AvgIpc) is 2.89. The Balaban J connectivity index is 1.98. The number of carboxylic acids is 1. The lowest BCUT2D eigenvalue weighted by Gasteiger charge is -2.16. The number of hydrogen-bond acceptors (Lipinski definition) is 5. The van der Waals surface area contributed by atoms with Crippen LogP contribution in [-0.2, 0) is 14.8 Å². The van der Waals surface area contributed by atoms with E-state index in [0.29, 0.717) is 11.0 Å². The minimum atomic E-state index is -3.79. The smallest absolute Gasteiger partial charge is 0.336 e. The van der Waals surface area contributed by atoms with Crippen LogP contribution in [0.1, 0.15) is 6.92 Å². The third-order valence-electron chi connectivity index (χ3n) is 4.12. The van der Waals surface area contributed by atoms with Gasteiger partial charge in [-0.05, 0) is 30.2 Å². The summed E-state index contributed by atoms with van der Waals surface area (Å²) >= 11 is 0. The van der Waals surface area contributed by atoms with Crippen molar-refractivity contribution in [2.75, 3.05) is 13.1 Å². The summed E-state index contributed by atoms with van der Waals surface area (Å²) in [7, 11) is -3.79. The molecule has 2 heterocycles. The maximum Gasteiger partial charge on any atom is 0.336 e. The van der Waals surface area contributed by atoms with Gasteiger partial charge in [0.05, 0.1) is 10.8 Å². The lowest BCUT2D eigenvalue weighted by atomic mass is 9.99. The van der Waals surface area contributed by atoms with Crippen molar-refractivity contribution in [3.8, 4) is 0 Å². The van der Waals surface area contributed by atoms with E-state index in [2.05, 4.69) is 0 Å². The Labute approximate surface area is 132 Å². The molecule has 1 fully saturated rings. The molecule has 2 atom stereocenters. The zero-order valence-electron chi connectivity index (χ0n) is 12.3. The topological polar surface area (TPSA) is 105 Å². The molecule has 0 aliphatic carbocycles. The molecule has 2 aromatic rings. The van der Waals surface area contributed by atoms with Crippen LogP contribution in [0.5, 0.6) is 0 Å². The van der Waals surface area contributed by atoms with E-state index in [9.17, 15) is 18.0 Å². The van der Waals surface area contributed by atoms with Gasteiger partial charge in [0.25, 0.3) is 0 Å². The molecule has 0 bridgehead atoms. The molecule has 1 N–H and O–H groups in total. The number of fused-ring (bicyclic) bond motifs is 1. The minimum Gasteiger partial charge on any atom is -0.481 e. The number of carbonyl (C=O) groups is 1. The fourth-order valence-electron chi connectivity index (χ4n) is 2.80. The second kappa shape index (κ2) is 5.47. The Morgan fingerprint density at radius 2 is 2.00 bits per heavy atom. The van der Waals surface area contributed by atoms with E-state index in [1.165, 1.54) is 34.6 Å². The quantitative estimate of drug-likeness (QED) is 0.842. The minimum absolute atomic E-state index is 0.0409. The number of benzene rings is 1. The Hall–Kier alpha value is -2.19. The van der Waals surface area contributed by atoms with Gasteiger partial charge >= 0.3 is 11.6 Å². The van der Waals surface area contributed by atoms with Gasteiger partial charge in [-0.2, -0.15) is 4.31 Å². The molecule has 0 spiro atoms. The van der Waals surface area contributed by atoms with Crippen LogP contribution in [-0.4, -0.2) is 36.9 Å². The number of hydrogen-bond donors (Lipinski definition) is 1. The van der Waals surface area contributed by atoms with E-state index in [1.54, 1.807) is 6.92 Å². The number of rotatable bonds is 3. The van der Waals surface area contributed by atoms with Crippen LogP contribution in [0.4, 0.5) is 0 Å². The fraction of sp³-hybridized carbons (Fsp3) is 0.333. The second-order valence-corrected chi connectivity index (χ2v) is 7.64. The van der Waals surface area contributed by atoms with Gasteiger partial charge < -0.3 is 9.52 Å². The molecule has 7 nitrogen and oxygen atoms in total. The Morgan fingerprint density at radius 1 is 1.26 bits per heavy atom. The molecule has 0 saturated carbocycles. The van der Waals surface area contributed by atoms with Crippen LogP contribution < -0.4 is 5.63 Å². The standard InChI is InChI=1S/C15H15NO6S/c1-9-7-16(8-12(9)15(18)19)23(20,21)11-3-4-13-10(6-11)2-5-14(17)22-13/h2-6,9,12H,7-8H2,1H3,(H,18,19)/t9-,12-/m1/s1. The van der Waals surface area contributed by atoms with Crippen molar-refractivity contribution in [2.24, 2.45) is 11.8 Å². The van der Waals surface area contributed by atoms with Crippen LogP contribution in [0.3, 0.4) is 0 Å². The van der Waals surface area contributed by atoms with Gasteiger partial charge in [-0.1, -0.05) is 6.92 Å². The molecule has 0 radical (unpaired) electrons. The molecule has 23 heavy (non-hydrogen) atoms. The molecule has 1 aromatic carbocycles. The zero-order chi connectivity index (χ0) is 16.8. The van der Waals surface area contributed by atoms with Gasteiger partial charge in [-0.15, -0.1) is 0 Å². The monoisotopic (exact) mass is 337 g/mol. The predicted octanol–water partition coefficient (Wildman–Crippen LogP) is 1.13. The van der Waals surface area contributed by atoms with Crippen molar-refractivity contribution in [1.82, 2.24) is 4.31 Å². The van der Waals surface area contributed by atoms with E-state index >= 15 is 0 Å². The molecule has 1 saturated heterocycles. The lowest BCUT2D eigenvalue weighted by molar-refractivity contribution is -0.142. The predicted molar refractivity (Wildman–Crippen MR) is 81.5 cm³/mol. The van der Waals surface area contributed by atoms with E-state index in [0.717, 1.165) is 0 Å². The van der Waals surface area contributed by atoms with Gasteiger partial charge in [0.15, 0.2) is 0 Å². The van der Waals surface area contributed by atoms with Crippen LogP contribution in [0.15, 0.2) is 44.4 Å². The fourth-order valence-corrected chi connectivity index (χ4v) is 4.40. The highest BCUT2D eigenvalue weighted by Crippen LogP contribution is 2.29. The normalized spacial score (nSPS) is 22.5.